The minimum Gasteiger partial charge on any atom is -0.361 e. The molecule has 1 amide bonds. The number of nitrogens with zero attached hydrogens (tertiary/aromatic N) is 3. The van der Waals surface area contributed by atoms with Crippen molar-refractivity contribution in [2.45, 2.75) is 66.3 Å². The van der Waals surface area contributed by atoms with Gasteiger partial charge in [0.1, 0.15) is 6.73 Å². The van der Waals surface area contributed by atoms with E-state index >= 15 is 0 Å². The molecule has 0 N–H and O–H groups in total. The third-order valence-electron chi connectivity index (χ3n) is 6.89. The number of aromatic nitrogens is 1. The first-order valence-electron chi connectivity index (χ1n) is 11.9. The first-order chi connectivity index (χ1) is 15.0. The van der Waals surface area contributed by atoms with E-state index in [1.165, 1.54) is 27.6 Å². The molecular formula is C26H37N3O2. The second-order valence-electron chi connectivity index (χ2n) is 9.11. The van der Waals surface area contributed by atoms with E-state index in [1.54, 1.807) is 0 Å². The Bertz CT molecular complexity index is 970. The molecule has 168 valence electrons. The van der Waals surface area contributed by atoms with Gasteiger partial charge in [0.15, 0.2) is 0 Å². The molecule has 2 aliphatic rings. The molecule has 1 aliphatic carbocycles. The Morgan fingerprint density at radius 1 is 1.23 bits per heavy atom. The van der Waals surface area contributed by atoms with Crippen molar-refractivity contribution in [3.8, 4) is 0 Å². The quantitative estimate of drug-likeness (QED) is 0.585. The average Bonchev–Trinajstić information content (AvgIpc) is 3.12. The molecule has 31 heavy (non-hydrogen) atoms. The highest BCUT2D eigenvalue weighted by Gasteiger charge is 2.39. The lowest BCUT2D eigenvalue weighted by atomic mass is 9.79. The lowest BCUT2D eigenvalue weighted by molar-refractivity contribution is -0.134. The van der Waals surface area contributed by atoms with E-state index in [0.29, 0.717) is 18.8 Å². The van der Waals surface area contributed by atoms with Crippen LogP contribution >= 0.6 is 0 Å². The molecule has 0 saturated carbocycles. The maximum Gasteiger partial charge on any atom is 0.230 e. The molecule has 0 fully saturated rings. The van der Waals surface area contributed by atoms with Gasteiger partial charge < -0.3 is 14.2 Å². The van der Waals surface area contributed by atoms with E-state index in [2.05, 4.69) is 74.6 Å². The topological polar surface area (TPSA) is 37.7 Å². The molecule has 0 unspecified atom stereocenters. The zero-order chi connectivity index (χ0) is 22.1. The molecule has 5 heteroatoms. The maximum absolute atomic E-state index is 13.3. The van der Waals surface area contributed by atoms with Gasteiger partial charge in [0, 0.05) is 49.9 Å². The van der Waals surface area contributed by atoms with Gasteiger partial charge in [0.05, 0.1) is 11.4 Å². The summed E-state index contributed by atoms with van der Waals surface area (Å²) >= 11 is 0. The summed E-state index contributed by atoms with van der Waals surface area (Å²) in [5, 5.41) is 1.34. The molecule has 0 spiro atoms. The van der Waals surface area contributed by atoms with Crippen LogP contribution in [0.5, 0.6) is 0 Å². The van der Waals surface area contributed by atoms with E-state index < -0.39 is 0 Å². The Hall–Kier alpha value is -2.11. The van der Waals surface area contributed by atoms with Crippen LogP contribution in [0.1, 0.15) is 52.2 Å². The van der Waals surface area contributed by atoms with Gasteiger partial charge in [-0.2, -0.15) is 0 Å². The number of hydrogen-bond donors (Lipinski definition) is 0. The number of carbonyl (C=O) groups excluding carboxylic acids is 1. The number of benzene rings is 1. The highest BCUT2D eigenvalue weighted by atomic mass is 16.5. The first kappa shape index (κ1) is 22.1. The fraction of sp³-hybridized carbons (Fsp3) is 0.577. The molecule has 2 heterocycles. The molecule has 0 saturated heterocycles. The number of hydrogen-bond acceptors (Lipinski definition) is 3. The van der Waals surface area contributed by atoms with Gasteiger partial charge in [-0.15, -0.1) is 0 Å². The van der Waals surface area contributed by atoms with Crippen LogP contribution < -0.4 is 0 Å². The van der Waals surface area contributed by atoms with Gasteiger partial charge in [0.2, 0.25) is 5.91 Å². The lowest BCUT2D eigenvalue weighted by Gasteiger charge is -2.44. The van der Waals surface area contributed by atoms with Crippen LogP contribution in [0.15, 0.2) is 30.5 Å². The third-order valence-corrected chi connectivity index (χ3v) is 6.89. The molecule has 0 bridgehead atoms. The second-order valence-corrected chi connectivity index (χ2v) is 9.11. The van der Waals surface area contributed by atoms with Crippen LogP contribution in [-0.2, 0) is 22.7 Å². The van der Waals surface area contributed by atoms with Crippen molar-refractivity contribution in [3.63, 3.8) is 0 Å². The summed E-state index contributed by atoms with van der Waals surface area (Å²) in [6, 6.07) is 7.29. The largest absolute Gasteiger partial charge is 0.361 e. The standard InChI is InChI=1S/C26H37N3O2/c1-6-12-31-17-28-15-19-14-24-22(21-10-9-11-23(28)25(19)21)13-20(16-29(24)18(4)5)26(30)27(7-2)8-3/h9-11,13,15,18,20,24H,6-8,12,14,16-17H2,1-5H3/t20-,24-/m1/s1. The normalized spacial score (nSPS) is 20.8. The fourth-order valence-corrected chi connectivity index (χ4v) is 5.36. The van der Waals surface area contributed by atoms with Gasteiger partial charge in [-0.05, 0) is 63.3 Å². The average molecular weight is 424 g/mol. The molecule has 2 atom stereocenters. The Morgan fingerprint density at radius 3 is 2.68 bits per heavy atom. The van der Waals surface area contributed by atoms with Crippen LogP contribution in [0.3, 0.4) is 0 Å². The van der Waals surface area contributed by atoms with Crippen LogP contribution in [0.25, 0.3) is 16.5 Å². The predicted molar refractivity (Wildman–Crippen MR) is 127 cm³/mol. The van der Waals surface area contributed by atoms with Crippen LogP contribution in [0, 0.1) is 5.92 Å². The Morgan fingerprint density at radius 2 is 2.00 bits per heavy atom. The highest BCUT2D eigenvalue weighted by Crippen LogP contribution is 2.42. The van der Waals surface area contributed by atoms with E-state index in [9.17, 15) is 4.79 Å². The zero-order valence-electron chi connectivity index (χ0n) is 19.7. The summed E-state index contributed by atoms with van der Waals surface area (Å²) in [5.74, 6) is 0.172. The smallest absolute Gasteiger partial charge is 0.230 e. The number of carbonyl (C=O) groups is 1. The van der Waals surface area contributed by atoms with Gasteiger partial charge in [-0.1, -0.05) is 25.1 Å². The summed E-state index contributed by atoms with van der Waals surface area (Å²) < 4.78 is 8.11. The Balaban J connectivity index is 1.78. The minimum atomic E-state index is -0.0830. The Labute approximate surface area is 186 Å². The van der Waals surface area contributed by atoms with Crippen LogP contribution in [0.2, 0.25) is 0 Å². The monoisotopic (exact) mass is 423 g/mol. The summed E-state index contributed by atoms with van der Waals surface area (Å²) in [6.07, 6.45) is 6.58. The molecule has 4 rings (SSSR count). The number of rotatable bonds is 8. The van der Waals surface area contributed by atoms with Crippen molar-refractivity contribution in [1.82, 2.24) is 14.4 Å². The Kier molecular flexibility index (Phi) is 6.54. The third kappa shape index (κ3) is 3.94. The zero-order valence-corrected chi connectivity index (χ0v) is 19.7. The summed E-state index contributed by atoms with van der Waals surface area (Å²) in [5.41, 5.74) is 5.25. The van der Waals surface area contributed by atoms with E-state index in [1.807, 2.05) is 4.90 Å². The van der Waals surface area contributed by atoms with Crippen LogP contribution in [-0.4, -0.2) is 58.6 Å². The van der Waals surface area contributed by atoms with E-state index in [4.69, 9.17) is 4.74 Å². The van der Waals surface area contributed by atoms with Crippen molar-refractivity contribution in [2.24, 2.45) is 5.92 Å². The number of fused-ring (bicyclic) bond motifs is 2. The molecule has 2 aromatic rings. The van der Waals surface area contributed by atoms with Gasteiger partial charge in [-0.25, -0.2) is 0 Å². The van der Waals surface area contributed by atoms with Gasteiger partial charge >= 0.3 is 0 Å². The lowest BCUT2D eigenvalue weighted by Crippen LogP contribution is -2.51. The van der Waals surface area contributed by atoms with Crippen molar-refractivity contribution in [3.05, 3.63) is 41.6 Å². The van der Waals surface area contributed by atoms with Crippen molar-refractivity contribution >= 4 is 22.4 Å². The molecule has 0 radical (unpaired) electrons. The molecule has 1 aromatic heterocycles. The SMILES string of the molecule is CCCOCn1cc2c3c(cccc31)C1=C[C@@H](C(=O)N(CC)CC)CN(C(C)C)[C@@H]1C2. The van der Waals surface area contributed by atoms with Crippen molar-refractivity contribution < 1.29 is 9.53 Å². The summed E-state index contributed by atoms with van der Waals surface area (Å²) in [4.78, 5) is 17.8. The summed E-state index contributed by atoms with van der Waals surface area (Å²) in [6.45, 7) is 14.5. The number of amides is 1. The first-order valence-corrected chi connectivity index (χ1v) is 11.9. The second kappa shape index (κ2) is 9.17. The minimum absolute atomic E-state index is 0.0830. The molecule has 5 nitrogen and oxygen atoms in total. The molecular weight excluding hydrogens is 386 g/mol. The van der Waals surface area contributed by atoms with Crippen molar-refractivity contribution in [2.75, 3.05) is 26.2 Å². The maximum atomic E-state index is 13.3. The van der Waals surface area contributed by atoms with Crippen LogP contribution in [0.4, 0.5) is 0 Å². The summed E-state index contributed by atoms with van der Waals surface area (Å²) in [7, 11) is 0. The molecule has 1 aromatic carbocycles. The highest BCUT2D eigenvalue weighted by molar-refractivity contribution is 5.99. The fourth-order valence-electron chi connectivity index (χ4n) is 5.36. The number of ether oxygens (including phenoxy) is 1. The van der Waals surface area contributed by atoms with Gasteiger partial charge in [-0.3, -0.25) is 9.69 Å². The van der Waals surface area contributed by atoms with Crippen molar-refractivity contribution in [1.29, 1.82) is 0 Å². The van der Waals surface area contributed by atoms with E-state index in [-0.39, 0.29) is 11.8 Å². The van der Waals surface area contributed by atoms with Gasteiger partial charge in [0.25, 0.3) is 0 Å². The van der Waals surface area contributed by atoms with E-state index in [0.717, 1.165) is 39.1 Å². The molecule has 1 aliphatic heterocycles. The predicted octanol–water partition coefficient (Wildman–Crippen LogP) is 4.54.